The highest BCUT2D eigenvalue weighted by Gasteiger charge is 2.28. The topological polar surface area (TPSA) is 49.3 Å². The highest BCUT2D eigenvalue weighted by molar-refractivity contribution is 5.94. The summed E-state index contributed by atoms with van der Waals surface area (Å²) in [4.78, 5) is 25.5. The first kappa shape index (κ1) is 14.6. The van der Waals surface area contributed by atoms with Crippen LogP contribution in [0.15, 0.2) is 54.6 Å². The van der Waals surface area contributed by atoms with Gasteiger partial charge < -0.3 is 9.80 Å². The summed E-state index contributed by atoms with van der Waals surface area (Å²) in [5.74, 6) is 1.65. The molecule has 0 atom stereocenters. The van der Waals surface area contributed by atoms with Crippen molar-refractivity contribution in [3.05, 3.63) is 54.6 Å². The van der Waals surface area contributed by atoms with Crippen molar-refractivity contribution in [3.63, 3.8) is 0 Å². The Kier molecular flexibility index (Phi) is 3.61. The van der Waals surface area contributed by atoms with Crippen LogP contribution >= 0.6 is 0 Å². The first-order valence-corrected chi connectivity index (χ1v) is 8.11. The van der Waals surface area contributed by atoms with Gasteiger partial charge in [0, 0.05) is 17.5 Å². The molecule has 0 radical (unpaired) electrons. The molecule has 0 spiro atoms. The number of carbonyl (C=O) groups excluding carboxylic acids is 1. The lowest BCUT2D eigenvalue weighted by atomic mass is 10.2. The van der Waals surface area contributed by atoms with Crippen molar-refractivity contribution < 1.29 is 4.79 Å². The maximum Gasteiger partial charge on any atom is 0.243 e. The summed E-state index contributed by atoms with van der Waals surface area (Å²) in [7, 11) is 0. The minimum absolute atomic E-state index is 0.140. The zero-order valence-electron chi connectivity index (χ0n) is 13.5. The number of carbonyl (C=O) groups is 1. The first-order chi connectivity index (χ1) is 11.8. The summed E-state index contributed by atoms with van der Waals surface area (Å²) in [5.41, 5.74) is 1.87. The number of benzene rings is 2. The van der Waals surface area contributed by atoms with Crippen LogP contribution in [0.1, 0.15) is 6.92 Å². The van der Waals surface area contributed by atoms with Gasteiger partial charge in [-0.15, -0.1) is 0 Å². The Morgan fingerprint density at radius 2 is 1.75 bits per heavy atom. The molecule has 1 aromatic heterocycles. The van der Waals surface area contributed by atoms with Crippen LogP contribution in [0.4, 0.5) is 5.82 Å². The molecule has 0 bridgehead atoms. The Labute approximate surface area is 140 Å². The summed E-state index contributed by atoms with van der Waals surface area (Å²) in [6.45, 7) is 3.65. The van der Waals surface area contributed by atoms with Gasteiger partial charge in [0.2, 0.25) is 5.91 Å². The molecule has 24 heavy (non-hydrogen) atoms. The van der Waals surface area contributed by atoms with Gasteiger partial charge in [-0.3, -0.25) is 4.79 Å². The van der Waals surface area contributed by atoms with Crippen molar-refractivity contribution in [2.24, 2.45) is 0 Å². The molecule has 1 aliphatic heterocycles. The standard InChI is InChI=1S/C19H18N4O/c1-2-22-13-23(12-17(22)24)19-15-10-6-7-11-16(15)20-18(21-19)14-8-4-3-5-9-14/h3-11H,2,12-13H2,1H3. The molecule has 1 saturated heterocycles. The van der Waals surface area contributed by atoms with Gasteiger partial charge in [0.1, 0.15) is 12.4 Å². The number of rotatable bonds is 3. The Balaban J connectivity index is 1.86. The molecule has 1 amide bonds. The smallest absolute Gasteiger partial charge is 0.243 e. The second kappa shape index (κ2) is 5.92. The van der Waals surface area contributed by atoms with Crippen LogP contribution in [-0.4, -0.2) is 40.5 Å². The van der Waals surface area contributed by atoms with E-state index in [1.165, 1.54) is 0 Å². The molecule has 2 heterocycles. The van der Waals surface area contributed by atoms with Crippen molar-refractivity contribution in [3.8, 4) is 11.4 Å². The Bertz CT molecular complexity index is 894. The molecule has 120 valence electrons. The van der Waals surface area contributed by atoms with Crippen LogP contribution < -0.4 is 4.90 Å². The number of aromatic nitrogens is 2. The lowest BCUT2D eigenvalue weighted by Crippen LogP contribution is -2.27. The van der Waals surface area contributed by atoms with E-state index in [1.807, 2.05) is 71.3 Å². The number of anilines is 1. The monoisotopic (exact) mass is 318 g/mol. The number of likely N-dealkylation sites (N-methyl/N-ethyl adjacent to an activating group) is 1. The van der Waals surface area contributed by atoms with Gasteiger partial charge >= 0.3 is 0 Å². The molecule has 3 aromatic rings. The van der Waals surface area contributed by atoms with E-state index in [4.69, 9.17) is 9.97 Å². The number of fused-ring (bicyclic) bond motifs is 1. The fourth-order valence-corrected chi connectivity index (χ4v) is 3.03. The van der Waals surface area contributed by atoms with Gasteiger partial charge in [-0.25, -0.2) is 9.97 Å². The largest absolute Gasteiger partial charge is 0.329 e. The van der Waals surface area contributed by atoms with E-state index in [9.17, 15) is 4.79 Å². The van der Waals surface area contributed by atoms with E-state index in [1.54, 1.807) is 0 Å². The molecule has 0 unspecified atom stereocenters. The van der Waals surface area contributed by atoms with E-state index in [2.05, 4.69) is 0 Å². The maximum absolute atomic E-state index is 12.1. The fraction of sp³-hybridized carbons (Fsp3) is 0.211. The molecule has 5 heteroatoms. The van der Waals surface area contributed by atoms with Crippen LogP contribution in [0.2, 0.25) is 0 Å². The second-order valence-electron chi connectivity index (χ2n) is 5.84. The predicted molar refractivity (Wildman–Crippen MR) is 94.6 cm³/mol. The molecule has 0 aliphatic carbocycles. The SMILES string of the molecule is CCN1CN(c2nc(-c3ccccc3)nc3ccccc23)CC1=O. The highest BCUT2D eigenvalue weighted by Crippen LogP contribution is 2.29. The lowest BCUT2D eigenvalue weighted by molar-refractivity contribution is -0.126. The maximum atomic E-state index is 12.1. The zero-order valence-corrected chi connectivity index (χ0v) is 13.5. The zero-order chi connectivity index (χ0) is 16.5. The van der Waals surface area contributed by atoms with Crippen LogP contribution in [-0.2, 0) is 4.79 Å². The van der Waals surface area contributed by atoms with E-state index < -0.39 is 0 Å². The molecule has 5 nitrogen and oxygen atoms in total. The number of hydrogen-bond donors (Lipinski definition) is 0. The van der Waals surface area contributed by atoms with Crippen molar-refractivity contribution in [2.75, 3.05) is 24.7 Å². The van der Waals surface area contributed by atoms with Crippen molar-refractivity contribution >= 4 is 22.6 Å². The van der Waals surface area contributed by atoms with Crippen LogP contribution in [0, 0.1) is 0 Å². The van der Waals surface area contributed by atoms with Gasteiger partial charge in [-0.1, -0.05) is 42.5 Å². The summed E-state index contributed by atoms with van der Waals surface area (Å²) in [6, 6.07) is 17.9. The number of hydrogen-bond acceptors (Lipinski definition) is 4. The van der Waals surface area contributed by atoms with Crippen LogP contribution in [0.3, 0.4) is 0 Å². The van der Waals surface area contributed by atoms with Crippen molar-refractivity contribution in [1.82, 2.24) is 14.9 Å². The van der Waals surface area contributed by atoms with E-state index in [0.29, 0.717) is 25.6 Å². The highest BCUT2D eigenvalue weighted by atomic mass is 16.2. The molecule has 4 rings (SSSR count). The Hall–Kier alpha value is -2.95. The Morgan fingerprint density at radius 1 is 1.00 bits per heavy atom. The average molecular weight is 318 g/mol. The van der Waals surface area contributed by atoms with E-state index >= 15 is 0 Å². The summed E-state index contributed by atoms with van der Waals surface area (Å²) < 4.78 is 0. The predicted octanol–water partition coefficient (Wildman–Crippen LogP) is 2.92. The third kappa shape index (κ3) is 2.48. The third-order valence-electron chi connectivity index (χ3n) is 4.32. The minimum Gasteiger partial charge on any atom is -0.329 e. The molecule has 0 saturated carbocycles. The molecular formula is C19H18N4O. The van der Waals surface area contributed by atoms with Crippen molar-refractivity contribution in [2.45, 2.75) is 6.92 Å². The lowest BCUT2D eigenvalue weighted by Gasteiger charge is -2.19. The summed E-state index contributed by atoms with van der Waals surface area (Å²) in [6.07, 6.45) is 0. The van der Waals surface area contributed by atoms with Gasteiger partial charge in [0.15, 0.2) is 5.82 Å². The van der Waals surface area contributed by atoms with Crippen LogP contribution in [0.5, 0.6) is 0 Å². The van der Waals surface area contributed by atoms with E-state index in [0.717, 1.165) is 22.3 Å². The second-order valence-corrected chi connectivity index (χ2v) is 5.84. The normalized spacial score (nSPS) is 14.6. The van der Waals surface area contributed by atoms with Gasteiger partial charge in [-0.2, -0.15) is 0 Å². The fourth-order valence-electron chi connectivity index (χ4n) is 3.03. The molecule has 1 aliphatic rings. The molecule has 2 aromatic carbocycles. The van der Waals surface area contributed by atoms with Crippen LogP contribution in [0.25, 0.3) is 22.3 Å². The molecule has 0 N–H and O–H groups in total. The van der Waals surface area contributed by atoms with E-state index in [-0.39, 0.29) is 5.91 Å². The summed E-state index contributed by atoms with van der Waals surface area (Å²) in [5, 5.41) is 0.975. The van der Waals surface area contributed by atoms with Gasteiger partial charge in [0.25, 0.3) is 0 Å². The number of amides is 1. The summed E-state index contributed by atoms with van der Waals surface area (Å²) >= 11 is 0. The Morgan fingerprint density at radius 3 is 2.50 bits per heavy atom. The van der Waals surface area contributed by atoms with Gasteiger partial charge in [0.05, 0.1) is 12.2 Å². The number of nitrogens with zero attached hydrogens (tertiary/aromatic N) is 4. The molecular weight excluding hydrogens is 300 g/mol. The third-order valence-corrected chi connectivity index (χ3v) is 4.32. The average Bonchev–Trinajstić information content (AvgIpc) is 3.02. The van der Waals surface area contributed by atoms with Gasteiger partial charge in [-0.05, 0) is 19.1 Å². The molecule has 1 fully saturated rings. The number of para-hydroxylation sites is 1. The van der Waals surface area contributed by atoms with Crippen molar-refractivity contribution in [1.29, 1.82) is 0 Å². The quantitative estimate of drug-likeness (QED) is 0.745. The minimum atomic E-state index is 0.140. The first-order valence-electron chi connectivity index (χ1n) is 8.11.